The van der Waals surface area contributed by atoms with Gasteiger partial charge in [-0.05, 0) is 43.2 Å². The molecule has 0 saturated heterocycles. The number of hydrogen-bond acceptors (Lipinski definition) is 3. The summed E-state index contributed by atoms with van der Waals surface area (Å²) in [5, 5.41) is 4.10. The van der Waals surface area contributed by atoms with Crippen LogP contribution in [0.25, 0.3) is 0 Å². The number of thioether (sulfide) groups is 1. The fourth-order valence-electron chi connectivity index (χ4n) is 2.45. The Morgan fingerprint density at radius 3 is 2.80 bits per heavy atom. The van der Waals surface area contributed by atoms with E-state index in [0.29, 0.717) is 17.8 Å². The molecule has 2 rings (SSSR count). The largest absolute Gasteiger partial charge is 0.573 e. The molecule has 0 aromatic heterocycles. The summed E-state index contributed by atoms with van der Waals surface area (Å²) >= 11 is 1.88. The van der Waals surface area contributed by atoms with Crippen LogP contribution in [0.15, 0.2) is 24.3 Å². The zero-order valence-corrected chi connectivity index (χ0v) is 12.1. The molecule has 0 aliphatic heterocycles. The van der Waals surface area contributed by atoms with Gasteiger partial charge < -0.3 is 10.1 Å². The van der Waals surface area contributed by atoms with Crippen molar-refractivity contribution in [1.82, 2.24) is 5.32 Å². The standard InChI is InChI=1S/C14H18F3NOS/c1-20-13-6-5-11(8-13)18-9-10-3-2-4-12(7-10)19-14(15,16)17/h2-4,7,11,13,18H,5-6,8-9H2,1H3. The zero-order valence-electron chi connectivity index (χ0n) is 11.2. The fraction of sp³-hybridized carbons (Fsp3) is 0.571. The Labute approximate surface area is 121 Å². The number of ether oxygens (including phenoxy) is 1. The summed E-state index contributed by atoms with van der Waals surface area (Å²) in [5.74, 6) is -0.162. The van der Waals surface area contributed by atoms with Crippen molar-refractivity contribution >= 4 is 11.8 Å². The highest BCUT2D eigenvalue weighted by Gasteiger charge is 2.31. The highest BCUT2D eigenvalue weighted by atomic mass is 32.2. The van der Waals surface area contributed by atoms with E-state index in [1.54, 1.807) is 12.1 Å². The SMILES string of the molecule is CSC1CCC(NCc2cccc(OC(F)(F)F)c2)C1. The van der Waals surface area contributed by atoms with Crippen molar-refractivity contribution in [2.45, 2.75) is 43.5 Å². The van der Waals surface area contributed by atoms with Gasteiger partial charge in [0.05, 0.1) is 0 Å². The van der Waals surface area contributed by atoms with Gasteiger partial charge in [0.25, 0.3) is 0 Å². The van der Waals surface area contributed by atoms with Gasteiger partial charge in [-0.2, -0.15) is 11.8 Å². The average molecular weight is 305 g/mol. The van der Waals surface area contributed by atoms with E-state index in [9.17, 15) is 13.2 Å². The molecule has 1 N–H and O–H groups in total. The smallest absolute Gasteiger partial charge is 0.406 e. The van der Waals surface area contributed by atoms with Crippen molar-refractivity contribution in [3.63, 3.8) is 0 Å². The minimum atomic E-state index is -4.64. The summed E-state index contributed by atoms with van der Waals surface area (Å²) in [7, 11) is 0. The Balaban J connectivity index is 1.85. The normalized spacial score (nSPS) is 23.0. The maximum atomic E-state index is 12.1. The molecule has 1 saturated carbocycles. The van der Waals surface area contributed by atoms with Gasteiger partial charge in [-0.25, -0.2) is 0 Å². The molecule has 20 heavy (non-hydrogen) atoms. The highest BCUT2D eigenvalue weighted by molar-refractivity contribution is 7.99. The molecule has 1 aromatic rings. The quantitative estimate of drug-likeness (QED) is 0.890. The Bertz CT molecular complexity index is 439. The molecule has 2 nitrogen and oxygen atoms in total. The van der Waals surface area contributed by atoms with Gasteiger partial charge in [0.2, 0.25) is 0 Å². The number of alkyl halides is 3. The molecule has 6 heteroatoms. The summed E-state index contributed by atoms with van der Waals surface area (Å²) in [6.07, 6.45) is 0.939. The molecule has 0 radical (unpaired) electrons. The Hall–Kier alpha value is -0.880. The van der Waals surface area contributed by atoms with Crippen molar-refractivity contribution < 1.29 is 17.9 Å². The average Bonchev–Trinajstić information content (AvgIpc) is 2.83. The summed E-state index contributed by atoms with van der Waals surface area (Å²) in [5.41, 5.74) is 0.805. The Kier molecular flexibility index (Phi) is 5.21. The molecule has 0 spiro atoms. The Morgan fingerprint density at radius 2 is 2.15 bits per heavy atom. The number of rotatable bonds is 5. The van der Waals surface area contributed by atoms with Crippen LogP contribution in [0.1, 0.15) is 24.8 Å². The number of halogens is 3. The molecule has 0 bridgehead atoms. The van der Waals surface area contributed by atoms with Crippen LogP contribution >= 0.6 is 11.8 Å². The summed E-state index contributed by atoms with van der Waals surface area (Å²) in [6.45, 7) is 0.570. The summed E-state index contributed by atoms with van der Waals surface area (Å²) in [6, 6.07) is 6.59. The molecular formula is C14H18F3NOS. The third kappa shape index (κ3) is 4.90. The van der Waals surface area contributed by atoms with Gasteiger partial charge in [0, 0.05) is 17.8 Å². The maximum Gasteiger partial charge on any atom is 0.573 e. The third-order valence-electron chi connectivity index (χ3n) is 3.44. The predicted molar refractivity (Wildman–Crippen MR) is 74.9 cm³/mol. The van der Waals surface area contributed by atoms with Gasteiger partial charge >= 0.3 is 6.36 Å². The zero-order chi connectivity index (χ0) is 14.6. The van der Waals surface area contributed by atoms with Crippen LogP contribution in [0, 0.1) is 0 Å². The number of hydrogen-bond donors (Lipinski definition) is 1. The second-order valence-electron chi connectivity index (χ2n) is 4.94. The van der Waals surface area contributed by atoms with Gasteiger partial charge in [-0.1, -0.05) is 12.1 Å². The van der Waals surface area contributed by atoms with E-state index < -0.39 is 6.36 Å². The van der Waals surface area contributed by atoms with E-state index in [0.717, 1.165) is 18.4 Å². The van der Waals surface area contributed by atoms with E-state index >= 15 is 0 Å². The van der Waals surface area contributed by atoms with E-state index in [2.05, 4.69) is 16.3 Å². The van der Waals surface area contributed by atoms with Crippen LogP contribution in [0.4, 0.5) is 13.2 Å². The molecule has 112 valence electrons. The molecule has 2 unspecified atom stereocenters. The van der Waals surface area contributed by atoms with Crippen LogP contribution in [-0.2, 0) is 6.54 Å². The maximum absolute atomic E-state index is 12.1. The Morgan fingerprint density at radius 1 is 1.35 bits per heavy atom. The number of nitrogens with one attached hydrogen (secondary N) is 1. The van der Waals surface area contributed by atoms with Gasteiger partial charge in [-0.15, -0.1) is 13.2 Å². The lowest BCUT2D eigenvalue weighted by molar-refractivity contribution is -0.274. The molecule has 2 atom stereocenters. The van der Waals surface area contributed by atoms with Gasteiger partial charge in [-0.3, -0.25) is 0 Å². The highest BCUT2D eigenvalue weighted by Crippen LogP contribution is 2.28. The monoisotopic (exact) mass is 305 g/mol. The number of benzene rings is 1. The van der Waals surface area contributed by atoms with Crippen LogP contribution in [0.2, 0.25) is 0 Å². The second-order valence-corrected chi connectivity index (χ2v) is 6.08. The summed E-state index contributed by atoms with van der Waals surface area (Å²) in [4.78, 5) is 0. The second kappa shape index (κ2) is 6.72. The lowest BCUT2D eigenvalue weighted by atomic mass is 10.2. The molecule has 1 aromatic carbocycles. The van der Waals surface area contributed by atoms with Crippen molar-refractivity contribution in [3.05, 3.63) is 29.8 Å². The molecule has 0 heterocycles. The van der Waals surface area contributed by atoms with Crippen molar-refractivity contribution in [2.24, 2.45) is 0 Å². The fourth-order valence-corrected chi connectivity index (χ4v) is 3.25. The topological polar surface area (TPSA) is 21.3 Å². The lowest BCUT2D eigenvalue weighted by Crippen LogP contribution is -2.26. The molecule has 1 aliphatic carbocycles. The predicted octanol–water partition coefficient (Wildman–Crippen LogP) is 3.96. The minimum absolute atomic E-state index is 0.162. The third-order valence-corrected chi connectivity index (χ3v) is 4.54. The first-order valence-corrected chi connectivity index (χ1v) is 7.86. The first-order valence-electron chi connectivity index (χ1n) is 6.57. The van der Waals surface area contributed by atoms with E-state index in [-0.39, 0.29) is 5.75 Å². The van der Waals surface area contributed by atoms with Crippen LogP contribution < -0.4 is 10.1 Å². The molecular weight excluding hydrogens is 287 g/mol. The van der Waals surface area contributed by atoms with Crippen LogP contribution in [-0.4, -0.2) is 23.9 Å². The van der Waals surface area contributed by atoms with Crippen molar-refractivity contribution in [2.75, 3.05) is 6.26 Å². The van der Waals surface area contributed by atoms with E-state index in [4.69, 9.17) is 0 Å². The van der Waals surface area contributed by atoms with Gasteiger partial charge in [0.15, 0.2) is 0 Å². The summed E-state index contributed by atoms with van der Waals surface area (Å²) < 4.78 is 40.4. The van der Waals surface area contributed by atoms with Crippen LogP contribution in [0.5, 0.6) is 5.75 Å². The van der Waals surface area contributed by atoms with E-state index in [1.165, 1.54) is 18.6 Å². The van der Waals surface area contributed by atoms with Crippen LogP contribution in [0.3, 0.4) is 0 Å². The van der Waals surface area contributed by atoms with Crippen molar-refractivity contribution in [1.29, 1.82) is 0 Å². The molecule has 1 aliphatic rings. The molecule has 0 amide bonds. The molecule has 1 fully saturated rings. The van der Waals surface area contributed by atoms with Gasteiger partial charge in [0.1, 0.15) is 5.75 Å². The first-order chi connectivity index (χ1) is 9.46. The first kappa shape index (κ1) is 15.5. The lowest BCUT2D eigenvalue weighted by Gasteiger charge is -2.14. The van der Waals surface area contributed by atoms with E-state index in [1.807, 2.05) is 11.8 Å². The van der Waals surface area contributed by atoms with Crippen molar-refractivity contribution in [3.8, 4) is 5.75 Å². The minimum Gasteiger partial charge on any atom is -0.406 e.